The van der Waals surface area contributed by atoms with E-state index in [0.29, 0.717) is 0 Å². The number of aromatic amines is 2. The van der Waals surface area contributed by atoms with Gasteiger partial charge in [0.25, 0.3) is 0 Å². The second-order valence-electron chi connectivity index (χ2n) is 21.9. The molecule has 20 rings (SSSR count). The largest absolute Gasteiger partial charge is 6.00 e. The normalized spacial score (nSPS) is 11.6. The molecule has 8 heterocycles. The van der Waals surface area contributed by atoms with E-state index in [1.807, 2.05) is 97.6 Å². The average Bonchev–Trinajstić information content (AvgIpc) is 1.82. The van der Waals surface area contributed by atoms with Crippen molar-refractivity contribution in [2.24, 2.45) is 0 Å². The summed E-state index contributed by atoms with van der Waals surface area (Å²) >= 11 is 0. The molecule has 8 aromatic heterocycles. The average molecular weight is 1360 g/mol. The maximum absolute atomic E-state index is 5.12. The number of aromatic nitrogens is 10. The van der Waals surface area contributed by atoms with Gasteiger partial charge in [0.05, 0.1) is 66.6 Å². The molecule has 0 radical (unpaired) electrons. The van der Waals surface area contributed by atoms with Gasteiger partial charge >= 0.3 is 19.8 Å². The maximum Gasteiger partial charge on any atom is 6.00 e. The Labute approximate surface area is 532 Å². The van der Waals surface area contributed by atoms with Crippen molar-refractivity contribution in [2.45, 2.75) is 0 Å². The monoisotopic (exact) mass is 1360 g/mol. The van der Waals surface area contributed by atoms with Crippen LogP contribution >= 0.6 is 0 Å². The predicted octanol–water partition coefficient (Wildman–Crippen LogP) is 12.9. The second-order valence-corrected chi connectivity index (χ2v) is 21.9. The Kier molecular flexibility index (Phi) is 13.5. The zero-order chi connectivity index (χ0) is 56.4. The number of imidazole rings is 2. The molecule has 0 amide bonds. The third kappa shape index (κ3) is 8.80. The number of H-pyrrole nitrogens is 2. The van der Waals surface area contributed by atoms with Crippen molar-refractivity contribution in [1.29, 1.82) is 0 Å². The Morgan fingerprint density at radius 3 is 0.978 bits per heavy atom. The molecule has 0 bridgehead atoms. The molecular weight excluding hydrogens is 1310 g/mol. The van der Waals surface area contributed by atoms with Gasteiger partial charge in [-0.1, -0.05) is 158 Å². The summed E-state index contributed by atoms with van der Waals surface area (Å²) < 4.78 is 0. The Hall–Kier alpha value is -10.7. The summed E-state index contributed by atoms with van der Waals surface area (Å²) in [5.41, 5.74) is 13.4. The van der Waals surface area contributed by atoms with E-state index in [-0.39, 0.29) is 44.6 Å². The van der Waals surface area contributed by atoms with E-state index in [1.165, 1.54) is 64.6 Å². The second kappa shape index (κ2) is 21.9. The number of hydrogen-bond donors (Lipinski definition) is 2. The first-order chi connectivity index (χ1) is 42.6. The van der Waals surface area contributed by atoms with Gasteiger partial charge < -0.3 is 34.8 Å². The summed E-state index contributed by atoms with van der Waals surface area (Å²) in [7, 11) is 0. The van der Waals surface area contributed by atoms with Gasteiger partial charge in [-0.2, -0.15) is 0 Å². The minimum absolute atomic E-state index is 0. The first kappa shape index (κ1) is 55.0. The minimum atomic E-state index is 0. The summed E-state index contributed by atoms with van der Waals surface area (Å²) in [6, 6.07) is 80.2. The van der Waals surface area contributed by atoms with Crippen LogP contribution in [0.1, 0.15) is 0 Å². The fourth-order valence-corrected chi connectivity index (χ4v) is 13.2. The van der Waals surface area contributed by atoms with Gasteiger partial charge in [-0.05, 0) is 137 Å². The van der Waals surface area contributed by atoms with Crippen molar-refractivity contribution in [2.75, 3.05) is 0 Å². The van der Waals surface area contributed by atoms with E-state index in [9.17, 15) is 0 Å². The molecule has 12 aromatic carbocycles. The third-order valence-corrected chi connectivity index (χ3v) is 17.2. The van der Waals surface area contributed by atoms with Crippen molar-refractivity contribution in [3.8, 4) is 34.2 Å². The molecule has 0 aliphatic carbocycles. The van der Waals surface area contributed by atoms with Gasteiger partial charge in [0.1, 0.15) is 11.6 Å². The van der Waals surface area contributed by atoms with E-state index < -0.39 is 0 Å². The fraction of sp³-hybridized carbons (Fsp3) is 0. The Bertz CT molecular complexity index is 5600. The molecule has 0 atom stereocenters. The van der Waals surface area contributed by atoms with E-state index in [1.54, 1.807) is 0 Å². The summed E-state index contributed by atoms with van der Waals surface area (Å²) in [6.07, 6.45) is 7.27. The third-order valence-electron chi connectivity index (χ3n) is 17.2. The van der Waals surface area contributed by atoms with E-state index >= 15 is 0 Å². The summed E-state index contributed by atoms with van der Waals surface area (Å²) in [5, 5.41) is 21.6. The molecule has 10 nitrogen and oxygen atoms in total. The van der Waals surface area contributed by atoms with E-state index in [2.05, 4.69) is 198 Å². The SMILES string of the molecule is [Cl-].[Cl-].[Os+6].c1cc2ccc3ccc(-c4nc5c6cccnc6c6ncccc6c5[nH]4)c4ccc(c1)c2c34.c1cc2ccc3ccc(-c4nc5c6cccnc6c6ncccc6c5[nH]4)c4ccc(c1)c2c34.c1ccc2nc(-c3ccc4ccccc4n3)ccc2c1. The zero-order valence-corrected chi connectivity index (χ0v) is 51.0. The van der Waals surface area contributed by atoms with Crippen LogP contribution in [0.4, 0.5) is 0 Å². The van der Waals surface area contributed by atoms with Crippen LogP contribution in [0.15, 0.2) is 255 Å². The Balaban J connectivity index is 0.000000113. The first-order valence-electron chi connectivity index (χ1n) is 28.7. The van der Waals surface area contributed by atoms with Crippen LogP contribution in [0.5, 0.6) is 0 Å². The molecule has 0 fully saturated rings. The minimum Gasteiger partial charge on any atom is -1.00 e. The molecule has 0 spiro atoms. The number of fused-ring (bicyclic) bond motifs is 14. The number of pyridine rings is 6. The van der Waals surface area contributed by atoms with Crippen LogP contribution in [0.25, 0.3) is 186 Å². The molecule has 20 aromatic rings. The molecule has 13 heteroatoms. The number of nitrogens with one attached hydrogen (secondary N) is 2. The summed E-state index contributed by atoms with van der Waals surface area (Å²) in [5.74, 6) is 1.73. The van der Waals surface area contributed by atoms with Crippen molar-refractivity contribution in [1.82, 2.24) is 49.8 Å². The van der Waals surface area contributed by atoms with Gasteiger partial charge in [0, 0.05) is 68.2 Å². The molecule has 2 N–H and O–H groups in total. The number of para-hydroxylation sites is 2. The zero-order valence-electron chi connectivity index (χ0n) is 46.9. The molecule has 416 valence electrons. The van der Waals surface area contributed by atoms with Gasteiger partial charge in [0.15, 0.2) is 0 Å². The van der Waals surface area contributed by atoms with Gasteiger partial charge in [-0.15, -0.1) is 0 Å². The van der Waals surface area contributed by atoms with Crippen LogP contribution in [0.2, 0.25) is 0 Å². The van der Waals surface area contributed by atoms with Crippen LogP contribution in [-0.2, 0) is 19.8 Å². The van der Waals surface area contributed by atoms with Crippen LogP contribution < -0.4 is 24.8 Å². The Morgan fingerprint density at radius 1 is 0.236 bits per heavy atom. The Morgan fingerprint density at radius 2 is 0.562 bits per heavy atom. The van der Waals surface area contributed by atoms with Gasteiger partial charge in [-0.25, -0.2) is 19.9 Å². The topological polar surface area (TPSA) is 135 Å². The van der Waals surface area contributed by atoms with Crippen molar-refractivity contribution < 1.29 is 44.6 Å². The number of rotatable bonds is 3. The van der Waals surface area contributed by atoms with Crippen molar-refractivity contribution >= 4 is 152 Å². The number of benzene rings is 12. The quantitative estimate of drug-likeness (QED) is 0.167. The predicted molar refractivity (Wildman–Crippen MR) is 354 cm³/mol. The number of halogens is 2. The van der Waals surface area contributed by atoms with Crippen LogP contribution in [0, 0.1) is 0 Å². The molecular formula is C76H44Cl2N10Os+4. The number of hydrogen-bond acceptors (Lipinski definition) is 8. The van der Waals surface area contributed by atoms with Crippen molar-refractivity contribution in [3.05, 3.63) is 255 Å². The van der Waals surface area contributed by atoms with E-state index in [4.69, 9.17) is 9.97 Å². The smallest absolute Gasteiger partial charge is 1.00 e. The van der Waals surface area contributed by atoms with Crippen LogP contribution in [-0.4, -0.2) is 49.8 Å². The van der Waals surface area contributed by atoms with Crippen molar-refractivity contribution in [3.63, 3.8) is 0 Å². The summed E-state index contributed by atoms with van der Waals surface area (Å²) in [4.78, 5) is 45.4. The maximum atomic E-state index is 5.12. The number of nitrogens with zero attached hydrogens (tertiary/aromatic N) is 8. The summed E-state index contributed by atoms with van der Waals surface area (Å²) in [6.45, 7) is 0. The van der Waals surface area contributed by atoms with Gasteiger partial charge in [-0.3, -0.25) is 19.9 Å². The molecule has 89 heavy (non-hydrogen) atoms. The van der Waals surface area contributed by atoms with Crippen LogP contribution in [0.3, 0.4) is 0 Å². The van der Waals surface area contributed by atoms with E-state index in [0.717, 1.165) is 122 Å². The molecule has 0 saturated carbocycles. The van der Waals surface area contributed by atoms with Gasteiger partial charge in [0.2, 0.25) is 0 Å². The standard InChI is InChI=1S/2C29H16N4.C18H12N2.2ClH.Os/c2*1-4-16-8-9-18-11-13-20(19-12-10-17(5-1)23(16)24(18)19)29-32-27-21-6-2-14-30-25(21)26-22(28(27)33-29)7-3-15-31-26;1-3-7-15-13(5-1)9-11-17(19-15)18-12-10-14-6-2-4-8-16(14)20-18;;;/h2*1-15H,(H,32,33);1-12H;2*1H;/q;;;;;+6/p-2. The molecule has 0 saturated heterocycles. The molecule has 0 aliphatic rings. The fourth-order valence-electron chi connectivity index (χ4n) is 13.2. The molecule has 0 unspecified atom stereocenters. The first-order valence-corrected chi connectivity index (χ1v) is 28.7. The molecule has 0 aliphatic heterocycles.